The lowest BCUT2D eigenvalue weighted by atomic mass is 10.3. The smallest absolute Gasteiger partial charge is 0.212 e. The minimum absolute atomic E-state index is 0.210. The van der Waals surface area contributed by atoms with Gasteiger partial charge in [-0.3, -0.25) is 0 Å². The van der Waals surface area contributed by atoms with Crippen molar-refractivity contribution in [3.05, 3.63) is 83.7 Å². The van der Waals surface area contributed by atoms with E-state index in [0.717, 1.165) is 31.0 Å². The molecule has 30 heavy (non-hydrogen) atoms. The largest absolute Gasteiger partial charge is 0.491 e. The number of aromatic nitrogens is 2. The second kappa shape index (κ2) is 8.39. The molecule has 150 valence electrons. The summed E-state index contributed by atoms with van der Waals surface area (Å²) in [6.07, 6.45) is -0.669. The third-order valence-corrected chi connectivity index (χ3v) is 6.63. The molecule has 3 aromatic carbocycles. The third-order valence-electron chi connectivity index (χ3n) is 4.64. The highest BCUT2D eigenvalue weighted by Gasteiger charge is 2.13. The van der Waals surface area contributed by atoms with Gasteiger partial charge in [0.05, 0.1) is 27.0 Å². The van der Waals surface area contributed by atoms with Gasteiger partial charge in [-0.1, -0.05) is 65.1 Å². The van der Waals surface area contributed by atoms with Crippen molar-refractivity contribution in [1.82, 2.24) is 9.55 Å². The van der Waals surface area contributed by atoms with Gasteiger partial charge in [-0.25, -0.2) is 4.98 Å². The highest BCUT2D eigenvalue weighted by Crippen LogP contribution is 2.28. The van der Waals surface area contributed by atoms with E-state index in [2.05, 4.69) is 17.1 Å². The molecule has 1 N–H and O–H groups in total. The van der Waals surface area contributed by atoms with Crippen LogP contribution in [0.4, 0.5) is 5.13 Å². The number of thiazole rings is 2. The van der Waals surface area contributed by atoms with Gasteiger partial charge in [0.15, 0.2) is 4.80 Å². The Kier molecular flexibility index (Phi) is 5.31. The monoisotopic (exact) mass is 433 g/mol. The number of aliphatic hydroxyl groups is 1. The van der Waals surface area contributed by atoms with Crippen LogP contribution in [0.1, 0.15) is 0 Å². The number of fused-ring (bicyclic) bond motifs is 2. The minimum Gasteiger partial charge on any atom is -0.491 e. The summed E-state index contributed by atoms with van der Waals surface area (Å²) in [5, 5.41) is 11.4. The van der Waals surface area contributed by atoms with Crippen LogP contribution >= 0.6 is 22.7 Å². The van der Waals surface area contributed by atoms with Crippen molar-refractivity contribution < 1.29 is 9.84 Å². The van der Waals surface area contributed by atoms with Crippen LogP contribution in [-0.4, -0.2) is 27.4 Å². The molecule has 0 amide bonds. The van der Waals surface area contributed by atoms with Crippen LogP contribution in [-0.2, 0) is 6.54 Å². The molecule has 1 atom stereocenters. The van der Waals surface area contributed by atoms with Crippen molar-refractivity contribution in [2.75, 3.05) is 6.61 Å². The number of aliphatic hydroxyl groups excluding tert-OH is 1. The molecule has 2 heterocycles. The summed E-state index contributed by atoms with van der Waals surface area (Å²) < 4.78 is 10.0. The summed E-state index contributed by atoms with van der Waals surface area (Å²) in [6, 6.07) is 25.7. The Morgan fingerprint density at radius 3 is 2.47 bits per heavy atom. The van der Waals surface area contributed by atoms with Gasteiger partial charge >= 0.3 is 0 Å². The second-order valence-electron chi connectivity index (χ2n) is 6.82. The number of ether oxygens (including phenoxy) is 1. The van der Waals surface area contributed by atoms with E-state index in [-0.39, 0.29) is 6.61 Å². The molecule has 7 heteroatoms. The number of nitrogens with zero attached hydrogens (tertiary/aromatic N) is 3. The van der Waals surface area contributed by atoms with Crippen LogP contribution in [0.2, 0.25) is 0 Å². The molecule has 5 aromatic rings. The number of hydrogen-bond donors (Lipinski definition) is 1. The lowest BCUT2D eigenvalue weighted by molar-refractivity contribution is 0.0929. The summed E-state index contributed by atoms with van der Waals surface area (Å²) in [7, 11) is 0. The van der Waals surface area contributed by atoms with Gasteiger partial charge in [-0.05, 0) is 36.4 Å². The summed E-state index contributed by atoms with van der Waals surface area (Å²) in [5.74, 6) is 0.746. The first kappa shape index (κ1) is 19.0. The van der Waals surface area contributed by atoms with Gasteiger partial charge < -0.3 is 14.4 Å². The first-order valence-corrected chi connectivity index (χ1v) is 11.2. The second-order valence-corrected chi connectivity index (χ2v) is 8.84. The number of hydrogen-bond acceptors (Lipinski definition) is 6. The van der Waals surface area contributed by atoms with E-state index in [0.29, 0.717) is 11.7 Å². The molecule has 0 unspecified atom stereocenters. The first-order valence-electron chi connectivity index (χ1n) is 9.61. The molecule has 5 nitrogen and oxygen atoms in total. The molecular weight excluding hydrogens is 414 g/mol. The van der Waals surface area contributed by atoms with Crippen molar-refractivity contribution in [1.29, 1.82) is 0 Å². The molecule has 0 spiro atoms. The van der Waals surface area contributed by atoms with E-state index in [1.54, 1.807) is 22.7 Å². The molecule has 0 radical (unpaired) electrons. The molecule has 0 aliphatic carbocycles. The standard InChI is InChI=1S/C23H19N3O2S2/c27-16(15-28-17-8-2-1-3-9-17)14-26-19-11-5-7-13-21(19)30-23(26)25-22-24-18-10-4-6-12-20(18)29-22/h1-13,16,27H,14-15H2/t16-/m1/s1. The minimum atomic E-state index is -0.669. The summed E-state index contributed by atoms with van der Waals surface area (Å²) in [6.45, 7) is 0.600. The Morgan fingerprint density at radius 1 is 0.900 bits per heavy atom. The quantitative estimate of drug-likeness (QED) is 0.411. The van der Waals surface area contributed by atoms with E-state index in [1.807, 2.05) is 71.3 Å². The molecule has 5 rings (SSSR count). The maximum atomic E-state index is 10.7. The topological polar surface area (TPSA) is 59.6 Å². The number of para-hydroxylation sites is 3. The van der Waals surface area contributed by atoms with Gasteiger partial charge in [-0.15, -0.1) is 0 Å². The van der Waals surface area contributed by atoms with Crippen LogP contribution in [0.15, 0.2) is 83.9 Å². The average Bonchev–Trinajstić information content (AvgIpc) is 3.34. The Balaban J connectivity index is 1.47. The molecule has 2 aromatic heterocycles. The Hall–Kier alpha value is -3.00. The Bertz CT molecular complexity index is 1320. The molecule has 0 fully saturated rings. The fourth-order valence-electron chi connectivity index (χ4n) is 3.24. The molecule has 0 aliphatic heterocycles. The van der Waals surface area contributed by atoms with E-state index in [9.17, 15) is 5.11 Å². The fourth-order valence-corrected chi connectivity index (χ4v) is 5.18. The third kappa shape index (κ3) is 4.00. The summed E-state index contributed by atoms with van der Waals surface area (Å²) >= 11 is 3.16. The normalized spacial score (nSPS) is 13.2. The number of benzene rings is 3. The zero-order chi connectivity index (χ0) is 20.3. The van der Waals surface area contributed by atoms with Crippen molar-refractivity contribution in [3.63, 3.8) is 0 Å². The summed E-state index contributed by atoms with van der Waals surface area (Å²) in [4.78, 5) is 10.3. The average molecular weight is 434 g/mol. The van der Waals surface area contributed by atoms with Gasteiger partial charge in [0.2, 0.25) is 5.13 Å². The van der Waals surface area contributed by atoms with Crippen molar-refractivity contribution in [3.8, 4) is 5.75 Å². The summed E-state index contributed by atoms with van der Waals surface area (Å²) in [5.41, 5.74) is 1.99. The maximum Gasteiger partial charge on any atom is 0.212 e. The van der Waals surface area contributed by atoms with E-state index >= 15 is 0 Å². The van der Waals surface area contributed by atoms with Crippen LogP contribution in [0.25, 0.3) is 20.4 Å². The Morgan fingerprint density at radius 2 is 1.63 bits per heavy atom. The lowest BCUT2D eigenvalue weighted by Gasteiger charge is -2.14. The lowest BCUT2D eigenvalue weighted by Crippen LogP contribution is -2.28. The predicted octanol–water partition coefficient (Wildman–Crippen LogP) is 4.98. The molecule has 0 bridgehead atoms. The molecule has 0 aliphatic rings. The van der Waals surface area contributed by atoms with Crippen LogP contribution in [0.3, 0.4) is 0 Å². The molecule has 0 saturated carbocycles. The highest BCUT2D eigenvalue weighted by molar-refractivity contribution is 7.22. The SMILES string of the molecule is O[C@@H](COc1ccccc1)Cn1c(=Nc2nc3ccccc3s2)sc2ccccc21. The highest BCUT2D eigenvalue weighted by atomic mass is 32.1. The van der Waals surface area contributed by atoms with E-state index < -0.39 is 6.10 Å². The molecule has 0 saturated heterocycles. The zero-order valence-electron chi connectivity index (χ0n) is 16.0. The maximum absolute atomic E-state index is 10.7. The van der Waals surface area contributed by atoms with Crippen LogP contribution < -0.4 is 9.54 Å². The Labute approximate surface area is 181 Å². The van der Waals surface area contributed by atoms with Gasteiger partial charge in [0.1, 0.15) is 18.5 Å². The van der Waals surface area contributed by atoms with Crippen molar-refractivity contribution in [2.45, 2.75) is 12.6 Å². The van der Waals surface area contributed by atoms with Crippen molar-refractivity contribution in [2.24, 2.45) is 4.99 Å². The van der Waals surface area contributed by atoms with Crippen LogP contribution in [0, 0.1) is 0 Å². The van der Waals surface area contributed by atoms with Gasteiger partial charge in [0.25, 0.3) is 0 Å². The fraction of sp³-hybridized carbons (Fsp3) is 0.130. The first-order chi connectivity index (χ1) is 14.8. The van der Waals surface area contributed by atoms with Gasteiger partial charge in [0, 0.05) is 0 Å². The number of rotatable bonds is 6. The van der Waals surface area contributed by atoms with E-state index in [4.69, 9.17) is 9.73 Å². The predicted molar refractivity (Wildman–Crippen MR) is 123 cm³/mol. The van der Waals surface area contributed by atoms with Crippen molar-refractivity contribution >= 4 is 48.2 Å². The van der Waals surface area contributed by atoms with Crippen LogP contribution in [0.5, 0.6) is 5.75 Å². The van der Waals surface area contributed by atoms with E-state index in [1.165, 1.54) is 0 Å². The van der Waals surface area contributed by atoms with Gasteiger partial charge in [-0.2, -0.15) is 4.99 Å². The zero-order valence-corrected chi connectivity index (χ0v) is 17.6. The molecular formula is C23H19N3O2S2.